The average molecular weight is 537 g/mol. The lowest BCUT2D eigenvalue weighted by molar-refractivity contribution is 0.0829. The first-order valence-electron chi connectivity index (χ1n) is 18.4. The maximum atomic E-state index is 11.1. The quantitative estimate of drug-likeness (QED) is 0.0827. The van der Waals surface area contributed by atoms with E-state index >= 15 is 0 Å². The third-order valence-corrected chi connectivity index (χ3v) is 9.00. The summed E-state index contributed by atoms with van der Waals surface area (Å²) in [6, 6.07) is 0. The third kappa shape index (κ3) is 29.0. The molecule has 0 heterocycles. The van der Waals surface area contributed by atoms with Gasteiger partial charge in [-0.25, -0.2) is 0 Å². The van der Waals surface area contributed by atoms with Crippen LogP contribution >= 0.6 is 0 Å². The molecule has 0 rings (SSSR count). The fraction of sp³-hybridized carbons (Fsp3) is 1.00. The van der Waals surface area contributed by atoms with E-state index in [9.17, 15) is 5.11 Å². The first-order valence-corrected chi connectivity index (χ1v) is 18.4. The van der Waals surface area contributed by atoms with Crippen molar-refractivity contribution in [1.29, 1.82) is 0 Å². The molecule has 0 spiro atoms. The van der Waals surface area contributed by atoms with Crippen LogP contribution in [0.2, 0.25) is 0 Å². The highest BCUT2D eigenvalue weighted by atomic mass is 16.3. The van der Waals surface area contributed by atoms with Gasteiger partial charge in [-0.15, -0.1) is 0 Å². The van der Waals surface area contributed by atoms with Crippen LogP contribution in [0.25, 0.3) is 0 Å². The highest BCUT2D eigenvalue weighted by Crippen LogP contribution is 2.26. The molecule has 0 radical (unpaired) electrons. The van der Waals surface area contributed by atoms with Gasteiger partial charge < -0.3 is 5.11 Å². The first-order chi connectivity index (χ1) is 18.8. The molecule has 2 atom stereocenters. The number of aliphatic hydroxyl groups is 1. The molecule has 2 unspecified atom stereocenters. The van der Waals surface area contributed by atoms with Crippen LogP contribution in [0, 0.1) is 5.92 Å². The van der Waals surface area contributed by atoms with Gasteiger partial charge in [-0.3, -0.25) is 0 Å². The summed E-state index contributed by atoms with van der Waals surface area (Å²) < 4.78 is 0. The summed E-state index contributed by atoms with van der Waals surface area (Å²) in [5, 5.41) is 11.1. The summed E-state index contributed by atoms with van der Waals surface area (Å²) in [6.45, 7) is 6.90. The second-order valence-electron chi connectivity index (χ2n) is 12.9. The van der Waals surface area contributed by atoms with Gasteiger partial charge in [-0.05, 0) is 25.2 Å². The highest BCUT2D eigenvalue weighted by molar-refractivity contribution is 4.70. The van der Waals surface area contributed by atoms with Gasteiger partial charge in [0, 0.05) is 0 Å². The van der Waals surface area contributed by atoms with E-state index < -0.39 is 0 Å². The minimum atomic E-state index is -0.0447. The molecular weight excluding hydrogens is 460 g/mol. The Hall–Kier alpha value is -0.0400. The predicted molar refractivity (Wildman–Crippen MR) is 174 cm³/mol. The fourth-order valence-corrected chi connectivity index (χ4v) is 6.22. The van der Waals surface area contributed by atoms with Gasteiger partial charge in [0.05, 0.1) is 6.10 Å². The SMILES string of the molecule is CCCCCCCCCCCCCC(CCCCCCCCCCC)C(O)CCCCCCCCCCC. The smallest absolute Gasteiger partial charge is 0.0568 e. The van der Waals surface area contributed by atoms with Crippen LogP contribution in [0.1, 0.15) is 226 Å². The van der Waals surface area contributed by atoms with Crippen LogP contribution in [0.4, 0.5) is 0 Å². The summed E-state index contributed by atoms with van der Waals surface area (Å²) in [5.74, 6) is 0.562. The van der Waals surface area contributed by atoms with Crippen molar-refractivity contribution in [2.75, 3.05) is 0 Å². The minimum absolute atomic E-state index is 0.0447. The standard InChI is InChI=1S/C37H76O/c1-4-7-10-13-16-19-20-23-25-28-31-34-36(33-30-27-24-21-17-14-11-8-5-2)37(38)35-32-29-26-22-18-15-12-9-6-3/h36-38H,4-35H2,1-3H3. The Morgan fingerprint density at radius 1 is 0.289 bits per heavy atom. The van der Waals surface area contributed by atoms with Crippen LogP contribution in [0.5, 0.6) is 0 Å². The average Bonchev–Trinajstić information content (AvgIpc) is 2.92. The lowest BCUT2D eigenvalue weighted by atomic mass is 9.87. The van der Waals surface area contributed by atoms with Crippen LogP contribution in [-0.2, 0) is 0 Å². The number of hydrogen-bond donors (Lipinski definition) is 1. The van der Waals surface area contributed by atoms with Crippen molar-refractivity contribution >= 4 is 0 Å². The molecule has 1 N–H and O–H groups in total. The second kappa shape index (κ2) is 33.2. The van der Waals surface area contributed by atoms with Gasteiger partial charge in [0.25, 0.3) is 0 Å². The van der Waals surface area contributed by atoms with Crippen molar-refractivity contribution in [3.8, 4) is 0 Å². The summed E-state index contributed by atoms with van der Waals surface area (Å²) in [7, 11) is 0. The van der Waals surface area contributed by atoms with Crippen molar-refractivity contribution in [3.05, 3.63) is 0 Å². The Balaban J connectivity index is 4.04. The normalized spacial score (nSPS) is 13.3. The van der Waals surface area contributed by atoms with Crippen LogP contribution < -0.4 is 0 Å². The Bertz CT molecular complexity index is 406. The van der Waals surface area contributed by atoms with E-state index in [4.69, 9.17) is 0 Å². The molecule has 0 fully saturated rings. The molecule has 0 aromatic carbocycles. The number of aliphatic hydroxyl groups excluding tert-OH is 1. The van der Waals surface area contributed by atoms with E-state index in [0.29, 0.717) is 5.92 Å². The van der Waals surface area contributed by atoms with E-state index in [1.807, 2.05) is 0 Å². The molecule has 1 nitrogen and oxygen atoms in total. The van der Waals surface area contributed by atoms with Crippen LogP contribution in [0.15, 0.2) is 0 Å². The maximum Gasteiger partial charge on any atom is 0.0568 e. The zero-order chi connectivity index (χ0) is 27.8. The molecule has 0 saturated carbocycles. The topological polar surface area (TPSA) is 20.2 Å². The number of rotatable bonds is 33. The number of unbranched alkanes of at least 4 members (excludes halogenated alkanes) is 26. The Morgan fingerprint density at radius 2 is 0.500 bits per heavy atom. The van der Waals surface area contributed by atoms with Gasteiger partial charge in [0.2, 0.25) is 0 Å². The Kier molecular flexibility index (Phi) is 33.1. The van der Waals surface area contributed by atoms with Crippen molar-refractivity contribution in [1.82, 2.24) is 0 Å². The van der Waals surface area contributed by atoms with Crippen molar-refractivity contribution < 1.29 is 5.11 Å². The monoisotopic (exact) mass is 537 g/mol. The lowest BCUT2D eigenvalue weighted by Gasteiger charge is -2.23. The summed E-state index contributed by atoms with van der Waals surface area (Å²) >= 11 is 0. The van der Waals surface area contributed by atoms with E-state index in [2.05, 4.69) is 20.8 Å². The molecular formula is C37H76O. The zero-order valence-corrected chi connectivity index (χ0v) is 27.2. The maximum absolute atomic E-state index is 11.1. The molecule has 0 aromatic rings. The lowest BCUT2D eigenvalue weighted by Crippen LogP contribution is -2.20. The molecule has 1 heteroatoms. The third-order valence-electron chi connectivity index (χ3n) is 9.00. The molecule has 230 valence electrons. The molecule has 0 aromatic heterocycles. The predicted octanol–water partition coefficient (Wildman–Crippen LogP) is 13.5. The highest BCUT2D eigenvalue weighted by Gasteiger charge is 2.18. The summed E-state index contributed by atoms with van der Waals surface area (Å²) in [5.41, 5.74) is 0. The van der Waals surface area contributed by atoms with Crippen molar-refractivity contribution in [2.45, 2.75) is 232 Å². The molecule has 0 aliphatic carbocycles. The zero-order valence-electron chi connectivity index (χ0n) is 27.2. The van der Waals surface area contributed by atoms with E-state index in [1.54, 1.807) is 0 Å². The largest absolute Gasteiger partial charge is 0.393 e. The summed E-state index contributed by atoms with van der Waals surface area (Å²) in [6.07, 6.45) is 44.1. The van der Waals surface area contributed by atoms with Gasteiger partial charge in [0.15, 0.2) is 0 Å². The van der Waals surface area contributed by atoms with Crippen LogP contribution in [-0.4, -0.2) is 11.2 Å². The van der Waals surface area contributed by atoms with Gasteiger partial charge in [-0.1, -0.05) is 207 Å². The van der Waals surface area contributed by atoms with Gasteiger partial charge in [-0.2, -0.15) is 0 Å². The first kappa shape index (κ1) is 38.0. The minimum Gasteiger partial charge on any atom is -0.393 e. The van der Waals surface area contributed by atoms with Gasteiger partial charge in [0.1, 0.15) is 0 Å². The Labute approximate surface area is 243 Å². The summed E-state index contributed by atoms with van der Waals surface area (Å²) in [4.78, 5) is 0. The van der Waals surface area contributed by atoms with Crippen molar-refractivity contribution in [3.63, 3.8) is 0 Å². The molecule has 0 aliphatic rings. The van der Waals surface area contributed by atoms with E-state index in [-0.39, 0.29) is 6.10 Å². The molecule has 38 heavy (non-hydrogen) atoms. The number of hydrogen-bond acceptors (Lipinski definition) is 1. The van der Waals surface area contributed by atoms with Crippen LogP contribution in [0.3, 0.4) is 0 Å². The van der Waals surface area contributed by atoms with Crippen molar-refractivity contribution in [2.24, 2.45) is 5.92 Å². The Morgan fingerprint density at radius 3 is 0.763 bits per heavy atom. The fourth-order valence-electron chi connectivity index (χ4n) is 6.22. The molecule has 0 saturated heterocycles. The molecule has 0 bridgehead atoms. The van der Waals surface area contributed by atoms with E-state index in [0.717, 1.165) is 6.42 Å². The molecule has 0 aliphatic heterocycles. The van der Waals surface area contributed by atoms with Gasteiger partial charge >= 0.3 is 0 Å². The van der Waals surface area contributed by atoms with E-state index in [1.165, 1.54) is 199 Å². The molecule has 0 amide bonds. The second-order valence-corrected chi connectivity index (χ2v) is 12.9.